The summed E-state index contributed by atoms with van der Waals surface area (Å²) in [4.78, 5) is 39.0. The van der Waals surface area contributed by atoms with E-state index in [1.165, 1.54) is 11.8 Å². The maximum Gasteiger partial charge on any atom is 0.338 e. The maximum atomic E-state index is 13.2. The molecule has 0 spiro atoms. The number of ether oxygens (including phenoxy) is 3. The van der Waals surface area contributed by atoms with Crippen LogP contribution in [0.2, 0.25) is 0 Å². The second-order valence-corrected chi connectivity index (χ2v) is 8.38. The third-order valence-electron chi connectivity index (χ3n) is 5.88. The van der Waals surface area contributed by atoms with Gasteiger partial charge in [-0.05, 0) is 67.9 Å². The average molecular weight is 501 g/mol. The van der Waals surface area contributed by atoms with E-state index in [2.05, 4.69) is 5.32 Å². The van der Waals surface area contributed by atoms with Gasteiger partial charge in [-0.15, -0.1) is 0 Å². The lowest BCUT2D eigenvalue weighted by atomic mass is 9.94. The molecule has 0 aliphatic carbocycles. The zero-order chi connectivity index (χ0) is 26.4. The Balaban J connectivity index is 1.68. The van der Waals surface area contributed by atoms with Crippen molar-refractivity contribution >= 4 is 17.8 Å². The van der Waals surface area contributed by atoms with Crippen molar-refractivity contribution < 1.29 is 28.6 Å². The summed E-state index contributed by atoms with van der Waals surface area (Å²) < 4.78 is 17.2. The van der Waals surface area contributed by atoms with Crippen molar-refractivity contribution in [2.45, 2.75) is 19.9 Å². The first kappa shape index (κ1) is 25.5. The van der Waals surface area contributed by atoms with Gasteiger partial charge in [-0.25, -0.2) is 9.59 Å². The molecule has 0 aromatic heterocycles. The number of benzene rings is 3. The molecule has 1 atom stereocenters. The van der Waals surface area contributed by atoms with E-state index in [-0.39, 0.29) is 24.6 Å². The monoisotopic (exact) mass is 500 g/mol. The molecule has 1 aliphatic heterocycles. The van der Waals surface area contributed by atoms with Crippen LogP contribution in [-0.4, -0.2) is 42.9 Å². The second-order valence-electron chi connectivity index (χ2n) is 8.38. The third-order valence-corrected chi connectivity index (χ3v) is 5.88. The van der Waals surface area contributed by atoms with Gasteiger partial charge in [-0.3, -0.25) is 9.69 Å². The molecule has 2 amide bonds. The minimum Gasteiger partial charge on any atom is -0.487 e. The van der Waals surface area contributed by atoms with E-state index in [1.54, 1.807) is 56.4 Å². The molecule has 8 heteroatoms. The Labute approximate surface area is 215 Å². The molecule has 37 heavy (non-hydrogen) atoms. The summed E-state index contributed by atoms with van der Waals surface area (Å²) in [5, 5.41) is 2.89. The number of hydrogen-bond acceptors (Lipinski definition) is 6. The molecule has 4 rings (SSSR count). The number of para-hydroxylation sites is 1. The number of amides is 2. The molecule has 1 unspecified atom stereocenters. The Kier molecular flexibility index (Phi) is 7.88. The topological polar surface area (TPSA) is 94.2 Å². The van der Waals surface area contributed by atoms with E-state index in [9.17, 15) is 14.4 Å². The SMILES string of the molecule is CCOC(=O)C1=C(COc2ccc(C(C)=O)cc2)N(C)C(=O)NC1c1cccc(Oc2ccccc2)c1. The fourth-order valence-corrected chi connectivity index (χ4v) is 3.95. The van der Waals surface area contributed by atoms with Crippen LogP contribution in [0.25, 0.3) is 0 Å². The van der Waals surface area contributed by atoms with Gasteiger partial charge >= 0.3 is 12.0 Å². The fourth-order valence-electron chi connectivity index (χ4n) is 3.95. The van der Waals surface area contributed by atoms with E-state index < -0.39 is 18.0 Å². The van der Waals surface area contributed by atoms with Gasteiger partial charge < -0.3 is 19.5 Å². The quantitative estimate of drug-likeness (QED) is 0.318. The van der Waals surface area contributed by atoms with E-state index >= 15 is 0 Å². The first-order valence-electron chi connectivity index (χ1n) is 11.9. The van der Waals surface area contributed by atoms with Gasteiger partial charge in [0, 0.05) is 12.6 Å². The van der Waals surface area contributed by atoms with Gasteiger partial charge in [0.25, 0.3) is 0 Å². The number of hydrogen-bond donors (Lipinski definition) is 1. The summed E-state index contributed by atoms with van der Waals surface area (Å²) in [6.45, 7) is 3.32. The summed E-state index contributed by atoms with van der Waals surface area (Å²) >= 11 is 0. The molecule has 0 fully saturated rings. The zero-order valence-corrected chi connectivity index (χ0v) is 20.9. The number of carbonyl (C=O) groups excluding carboxylic acids is 3. The van der Waals surface area contributed by atoms with Gasteiger partial charge in [0.2, 0.25) is 0 Å². The minimum atomic E-state index is -0.777. The highest BCUT2D eigenvalue weighted by atomic mass is 16.5. The van der Waals surface area contributed by atoms with Crippen molar-refractivity contribution in [2.24, 2.45) is 0 Å². The Morgan fingerprint density at radius 1 is 0.919 bits per heavy atom. The van der Waals surface area contributed by atoms with Crippen molar-refractivity contribution in [3.05, 3.63) is 101 Å². The van der Waals surface area contributed by atoms with Gasteiger partial charge in [0.1, 0.15) is 23.9 Å². The van der Waals surface area contributed by atoms with Crippen LogP contribution in [0.1, 0.15) is 35.8 Å². The molecule has 0 radical (unpaired) electrons. The largest absolute Gasteiger partial charge is 0.487 e. The van der Waals surface area contributed by atoms with Gasteiger partial charge in [-0.2, -0.15) is 0 Å². The number of likely N-dealkylation sites (N-methyl/N-ethyl adjacent to an activating group) is 1. The smallest absolute Gasteiger partial charge is 0.338 e. The Morgan fingerprint density at radius 3 is 2.30 bits per heavy atom. The van der Waals surface area contributed by atoms with E-state index in [0.29, 0.717) is 34.1 Å². The summed E-state index contributed by atoms with van der Waals surface area (Å²) in [5.74, 6) is 1.11. The highest BCUT2D eigenvalue weighted by Gasteiger charge is 2.37. The Bertz CT molecular complexity index is 1320. The van der Waals surface area contributed by atoms with Crippen molar-refractivity contribution in [1.29, 1.82) is 0 Å². The van der Waals surface area contributed by atoms with Crippen molar-refractivity contribution in [3.8, 4) is 17.2 Å². The van der Waals surface area contributed by atoms with E-state index in [0.717, 1.165) is 0 Å². The number of ketones is 1. The first-order chi connectivity index (χ1) is 17.9. The van der Waals surface area contributed by atoms with Crippen molar-refractivity contribution in [2.75, 3.05) is 20.3 Å². The van der Waals surface area contributed by atoms with Crippen LogP contribution in [0.3, 0.4) is 0 Å². The number of esters is 1. The van der Waals surface area contributed by atoms with Gasteiger partial charge in [0.15, 0.2) is 5.78 Å². The Morgan fingerprint density at radius 2 is 1.62 bits per heavy atom. The summed E-state index contributed by atoms with van der Waals surface area (Å²) in [6.07, 6.45) is 0. The lowest BCUT2D eigenvalue weighted by Crippen LogP contribution is -2.48. The summed E-state index contributed by atoms with van der Waals surface area (Å²) in [7, 11) is 1.57. The molecule has 1 heterocycles. The van der Waals surface area contributed by atoms with Crippen LogP contribution in [0.15, 0.2) is 90.1 Å². The number of urea groups is 1. The van der Waals surface area contributed by atoms with Crippen LogP contribution in [0, 0.1) is 0 Å². The number of Topliss-reactive ketones (excluding diaryl/α,β-unsaturated/α-hetero) is 1. The lowest BCUT2D eigenvalue weighted by molar-refractivity contribution is -0.139. The molecular formula is C29H28N2O6. The van der Waals surface area contributed by atoms with Crippen LogP contribution in [0.4, 0.5) is 4.79 Å². The average Bonchev–Trinajstić information content (AvgIpc) is 2.90. The number of rotatable bonds is 9. The highest BCUT2D eigenvalue weighted by Crippen LogP contribution is 2.33. The predicted octanol–water partition coefficient (Wildman–Crippen LogP) is 5.27. The van der Waals surface area contributed by atoms with Crippen LogP contribution in [-0.2, 0) is 9.53 Å². The van der Waals surface area contributed by atoms with Crippen molar-refractivity contribution in [3.63, 3.8) is 0 Å². The molecule has 1 aliphatic rings. The van der Waals surface area contributed by atoms with Gasteiger partial charge in [-0.1, -0.05) is 30.3 Å². The minimum absolute atomic E-state index is 0.0520. The number of nitrogens with zero attached hydrogens (tertiary/aromatic N) is 1. The lowest BCUT2D eigenvalue weighted by Gasteiger charge is -2.34. The van der Waals surface area contributed by atoms with E-state index in [4.69, 9.17) is 14.2 Å². The maximum absolute atomic E-state index is 13.2. The third kappa shape index (κ3) is 5.98. The summed E-state index contributed by atoms with van der Waals surface area (Å²) in [5.41, 5.74) is 1.85. The zero-order valence-electron chi connectivity index (χ0n) is 20.9. The highest BCUT2D eigenvalue weighted by molar-refractivity contribution is 5.95. The first-order valence-corrected chi connectivity index (χ1v) is 11.9. The number of carbonyl (C=O) groups is 3. The molecule has 0 saturated carbocycles. The van der Waals surface area contributed by atoms with Crippen molar-refractivity contribution in [1.82, 2.24) is 10.2 Å². The standard InChI is InChI=1S/C29H28N2O6/c1-4-35-28(33)26-25(18-36-22-15-13-20(14-16-22)19(2)32)31(3)29(34)30-27(26)21-9-8-12-24(17-21)37-23-10-6-5-7-11-23/h5-17,27H,4,18H2,1-3H3,(H,30,34). The van der Waals surface area contributed by atoms with E-state index in [1.807, 2.05) is 36.4 Å². The molecule has 3 aromatic carbocycles. The molecule has 190 valence electrons. The Hall–Kier alpha value is -4.59. The molecule has 3 aromatic rings. The fraction of sp³-hybridized carbons (Fsp3) is 0.207. The number of nitrogens with one attached hydrogen (secondary N) is 1. The molecule has 1 N–H and O–H groups in total. The molecule has 0 bridgehead atoms. The second kappa shape index (κ2) is 11.4. The predicted molar refractivity (Wildman–Crippen MR) is 138 cm³/mol. The van der Waals surface area contributed by atoms with Gasteiger partial charge in [0.05, 0.1) is 23.9 Å². The summed E-state index contributed by atoms with van der Waals surface area (Å²) in [6, 6.07) is 22.0. The normalized spacial score (nSPS) is 15.2. The van der Waals surface area contributed by atoms with Crippen LogP contribution in [0.5, 0.6) is 17.2 Å². The van der Waals surface area contributed by atoms with Crippen LogP contribution >= 0.6 is 0 Å². The molecule has 0 saturated heterocycles. The molecule has 8 nitrogen and oxygen atoms in total. The molecular weight excluding hydrogens is 472 g/mol. The van der Waals surface area contributed by atoms with Crippen LogP contribution < -0.4 is 14.8 Å².